The zero-order valence-corrected chi connectivity index (χ0v) is 19.9. The number of ether oxygens (including phenoxy) is 3. The molecule has 35 heavy (non-hydrogen) atoms. The molecule has 1 unspecified atom stereocenters. The maximum absolute atomic E-state index is 13.0. The van der Waals surface area contributed by atoms with E-state index >= 15 is 0 Å². The van der Waals surface area contributed by atoms with E-state index in [1.807, 2.05) is 13.0 Å². The van der Waals surface area contributed by atoms with Gasteiger partial charge in [0.15, 0.2) is 18.1 Å². The van der Waals surface area contributed by atoms with Crippen LogP contribution in [0.1, 0.15) is 22.8 Å². The van der Waals surface area contributed by atoms with Gasteiger partial charge >= 0.3 is 5.97 Å². The SMILES string of the molecule is COc1cc(/C=C/C(=O)OC(C(=O)Nc2ccc(C)c(Cl)c2)c2ccccc2)ccc1OCC#N. The smallest absolute Gasteiger partial charge is 0.331 e. The third-order valence-corrected chi connectivity index (χ3v) is 5.31. The second kappa shape index (κ2) is 12.3. The van der Waals surface area contributed by atoms with Gasteiger partial charge in [-0.2, -0.15) is 5.26 Å². The summed E-state index contributed by atoms with van der Waals surface area (Å²) in [5, 5.41) is 11.9. The number of hydrogen-bond donors (Lipinski definition) is 1. The lowest BCUT2D eigenvalue weighted by Gasteiger charge is -2.17. The molecule has 3 rings (SSSR count). The Morgan fingerprint density at radius 3 is 2.54 bits per heavy atom. The molecule has 0 aromatic heterocycles. The van der Waals surface area contributed by atoms with Crippen molar-refractivity contribution in [1.82, 2.24) is 0 Å². The van der Waals surface area contributed by atoms with Gasteiger partial charge in [-0.25, -0.2) is 4.79 Å². The molecule has 0 fully saturated rings. The van der Waals surface area contributed by atoms with Crippen LogP contribution in [0.15, 0.2) is 72.8 Å². The van der Waals surface area contributed by atoms with Gasteiger partial charge in [0, 0.05) is 22.3 Å². The van der Waals surface area contributed by atoms with E-state index in [0.717, 1.165) is 5.56 Å². The van der Waals surface area contributed by atoms with Crippen molar-refractivity contribution < 1.29 is 23.8 Å². The normalized spacial score (nSPS) is 11.4. The number of amides is 1. The molecule has 178 valence electrons. The summed E-state index contributed by atoms with van der Waals surface area (Å²) >= 11 is 6.16. The summed E-state index contributed by atoms with van der Waals surface area (Å²) in [6.07, 6.45) is 1.57. The maximum atomic E-state index is 13.0. The van der Waals surface area contributed by atoms with Gasteiger partial charge in [0.25, 0.3) is 5.91 Å². The minimum Gasteiger partial charge on any atom is -0.493 e. The molecule has 8 heteroatoms. The standard InChI is InChI=1S/C27H23ClN2O5/c1-18-8-11-21(17-22(18)28)30-27(32)26(20-6-4-3-5-7-20)35-25(31)13-10-19-9-12-23(34-15-14-29)24(16-19)33-2/h3-13,16-17,26H,15H2,1-2H3,(H,30,32)/b13-10+. The van der Waals surface area contributed by atoms with Crippen LogP contribution in [0.2, 0.25) is 5.02 Å². The Morgan fingerprint density at radius 2 is 1.86 bits per heavy atom. The van der Waals surface area contributed by atoms with E-state index in [2.05, 4.69) is 5.32 Å². The number of aryl methyl sites for hydroxylation is 1. The first-order valence-corrected chi connectivity index (χ1v) is 11.0. The lowest BCUT2D eigenvalue weighted by molar-refractivity contribution is -0.149. The highest BCUT2D eigenvalue weighted by molar-refractivity contribution is 6.31. The van der Waals surface area contributed by atoms with Gasteiger partial charge in [0.05, 0.1) is 7.11 Å². The summed E-state index contributed by atoms with van der Waals surface area (Å²) in [5.41, 5.74) is 2.52. The number of methoxy groups -OCH3 is 1. The van der Waals surface area contributed by atoms with E-state index in [1.54, 1.807) is 66.7 Å². The fraction of sp³-hybridized carbons (Fsp3) is 0.148. The molecular weight excluding hydrogens is 468 g/mol. The van der Waals surface area contributed by atoms with Crippen molar-refractivity contribution in [2.24, 2.45) is 0 Å². The molecule has 1 amide bonds. The Hall–Kier alpha value is -4.28. The Labute approximate surface area is 208 Å². The number of halogens is 1. The van der Waals surface area contributed by atoms with Gasteiger partial charge in [0.1, 0.15) is 6.07 Å². The van der Waals surface area contributed by atoms with Crippen molar-refractivity contribution in [2.75, 3.05) is 19.0 Å². The molecular formula is C27H23ClN2O5. The number of nitrogens with one attached hydrogen (secondary N) is 1. The molecule has 0 aliphatic rings. The number of benzene rings is 3. The van der Waals surface area contributed by atoms with Crippen LogP contribution in [0, 0.1) is 18.3 Å². The highest BCUT2D eigenvalue weighted by atomic mass is 35.5. The van der Waals surface area contributed by atoms with E-state index in [4.69, 9.17) is 31.1 Å². The Morgan fingerprint density at radius 1 is 1.09 bits per heavy atom. The summed E-state index contributed by atoms with van der Waals surface area (Å²) in [6, 6.07) is 20.7. The van der Waals surface area contributed by atoms with Crippen LogP contribution in [-0.4, -0.2) is 25.6 Å². The fourth-order valence-corrected chi connectivity index (χ4v) is 3.30. The summed E-state index contributed by atoms with van der Waals surface area (Å²) < 4.78 is 16.1. The van der Waals surface area contributed by atoms with Crippen molar-refractivity contribution in [3.05, 3.63) is 94.5 Å². The van der Waals surface area contributed by atoms with Gasteiger partial charge in [0.2, 0.25) is 6.10 Å². The Balaban J connectivity index is 1.75. The van der Waals surface area contributed by atoms with Gasteiger partial charge < -0.3 is 19.5 Å². The van der Waals surface area contributed by atoms with Crippen LogP contribution in [-0.2, 0) is 14.3 Å². The highest BCUT2D eigenvalue weighted by Crippen LogP contribution is 2.29. The Kier molecular flexibility index (Phi) is 8.88. The fourth-order valence-electron chi connectivity index (χ4n) is 3.12. The molecule has 0 aliphatic heterocycles. The molecule has 0 heterocycles. The average molecular weight is 491 g/mol. The number of carbonyl (C=O) groups excluding carboxylic acids is 2. The average Bonchev–Trinajstić information content (AvgIpc) is 2.87. The number of anilines is 1. The molecule has 0 bridgehead atoms. The van der Waals surface area contributed by atoms with Crippen LogP contribution in [0.5, 0.6) is 11.5 Å². The molecule has 3 aromatic rings. The number of carbonyl (C=O) groups is 2. The van der Waals surface area contributed by atoms with Crippen LogP contribution < -0.4 is 14.8 Å². The van der Waals surface area contributed by atoms with Crippen molar-refractivity contribution in [3.8, 4) is 17.6 Å². The van der Waals surface area contributed by atoms with Gasteiger partial charge in [-0.3, -0.25) is 4.79 Å². The van der Waals surface area contributed by atoms with Crippen molar-refractivity contribution in [2.45, 2.75) is 13.0 Å². The second-order valence-electron chi connectivity index (χ2n) is 7.37. The van der Waals surface area contributed by atoms with E-state index in [-0.39, 0.29) is 6.61 Å². The summed E-state index contributed by atoms with van der Waals surface area (Å²) in [6.45, 7) is 1.74. The van der Waals surface area contributed by atoms with Crippen molar-refractivity contribution >= 4 is 35.2 Å². The molecule has 1 N–H and O–H groups in total. The summed E-state index contributed by atoms with van der Waals surface area (Å²) in [4.78, 5) is 25.6. The zero-order chi connectivity index (χ0) is 25.2. The lowest BCUT2D eigenvalue weighted by Crippen LogP contribution is -2.25. The van der Waals surface area contributed by atoms with Gasteiger partial charge in [-0.15, -0.1) is 0 Å². The van der Waals surface area contributed by atoms with Crippen LogP contribution in [0.3, 0.4) is 0 Å². The van der Waals surface area contributed by atoms with E-state index < -0.39 is 18.0 Å². The molecule has 0 radical (unpaired) electrons. The van der Waals surface area contributed by atoms with Crippen LogP contribution in [0.4, 0.5) is 5.69 Å². The molecule has 0 aliphatic carbocycles. The number of rotatable bonds is 9. The number of esters is 1. The third kappa shape index (κ3) is 7.10. The van der Waals surface area contributed by atoms with E-state index in [0.29, 0.717) is 33.3 Å². The van der Waals surface area contributed by atoms with Gasteiger partial charge in [-0.1, -0.05) is 54.1 Å². The number of hydrogen-bond acceptors (Lipinski definition) is 6. The van der Waals surface area contributed by atoms with Crippen molar-refractivity contribution in [3.63, 3.8) is 0 Å². The molecule has 0 spiro atoms. The Bertz CT molecular complexity index is 1270. The van der Waals surface area contributed by atoms with Gasteiger partial charge in [-0.05, 0) is 48.4 Å². The number of nitriles is 1. The summed E-state index contributed by atoms with van der Waals surface area (Å²) in [5.74, 6) is -0.405. The zero-order valence-electron chi connectivity index (χ0n) is 19.2. The van der Waals surface area contributed by atoms with Crippen molar-refractivity contribution in [1.29, 1.82) is 5.26 Å². The first-order chi connectivity index (χ1) is 16.9. The van der Waals surface area contributed by atoms with Crippen LogP contribution >= 0.6 is 11.6 Å². The third-order valence-electron chi connectivity index (χ3n) is 4.91. The predicted octanol–water partition coefficient (Wildman–Crippen LogP) is 5.50. The quantitative estimate of drug-likeness (QED) is 0.314. The highest BCUT2D eigenvalue weighted by Gasteiger charge is 2.24. The largest absolute Gasteiger partial charge is 0.493 e. The monoisotopic (exact) mass is 490 g/mol. The van der Waals surface area contributed by atoms with E-state index in [1.165, 1.54) is 19.3 Å². The maximum Gasteiger partial charge on any atom is 0.331 e. The molecule has 0 saturated heterocycles. The first kappa shape index (κ1) is 25.3. The molecule has 7 nitrogen and oxygen atoms in total. The van der Waals surface area contributed by atoms with Crippen LogP contribution in [0.25, 0.3) is 6.08 Å². The second-order valence-corrected chi connectivity index (χ2v) is 7.78. The number of nitrogens with zero attached hydrogens (tertiary/aromatic N) is 1. The predicted molar refractivity (Wildman–Crippen MR) is 133 cm³/mol. The first-order valence-electron chi connectivity index (χ1n) is 10.6. The van der Waals surface area contributed by atoms with E-state index in [9.17, 15) is 9.59 Å². The summed E-state index contributed by atoms with van der Waals surface area (Å²) in [7, 11) is 1.47. The topological polar surface area (TPSA) is 97.7 Å². The minimum absolute atomic E-state index is 0.115. The lowest BCUT2D eigenvalue weighted by atomic mass is 10.1. The molecule has 1 atom stereocenters. The molecule has 3 aromatic carbocycles. The minimum atomic E-state index is -1.18. The molecule has 0 saturated carbocycles.